The highest BCUT2D eigenvalue weighted by Gasteiger charge is 2.22. The van der Waals surface area contributed by atoms with Crippen molar-refractivity contribution in [3.05, 3.63) is 22.8 Å². The van der Waals surface area contributed by atoms with Crippen LogP contribution in [0.1, 0.15) is 23.1 Å². The number of aryl methyl sites for hydroxylation is 1. The fourth-order valence-electron chi connectivity index (χ4n) is 2.15. The van der Waals surface area contributed by atoms with Crippen molar-refractivity contribution < 1.29 is 18.3 Å². The number of aliphatic hydroxyl groups is 1. The molecule has 0 saturated carbocycles. The van der Waals surface area contributed by atoms with E-state index >= 15 is 0 Å². The van der Waals surface area contributed by atoms with Gasteiger partial charge in [0.2, 0.25) is 10.0 Å². The Balaban J connectivity index is 2.94. The minimum Gasteiger partial charge on any atom is -0.398 e. The highest BCUT2D eigenvalue weighted by atomic mass is 32.2. The van der Waals surface area contributed by atoms with Crippen molar-refractivity contribution in [3.8, 4) is 0 Å². The van der Waals surface area contributed by atoms with Gasteiger partial charge in [-0.3, -0.25) is 0 Å². The summed E-state index contributed by atoms with van der Waals surface area (Å²) in [7, 11) is -2.18. The molecular formula is C14H24N2O4S. The van der Waals surface area contributed by atoms with Crippen LogP contribution in [0.25, 0.3) is 0 Å². The molecule has 0 radical (unpaired) electrons. The first-order valence-electron chi connectivity index (χ1n) is 6.73. The third kappa shape index (κ3) is 4.41. The first kappa shape index (κ1) is 17.9. The Hall–Kier alpha value is -1.15. The molecule has 6 nitrogen and oxygen atoms in total. The van der Waals surface area contributed by atoms with Gasteiger partial charge in [-0.05, 0) is 49.9 Å². The number of hydrogen-bond donors (Lipinski definition) is 3. The number of aliphatic hydroxyl groups excluding tert-OH is 1. The van der Waals surface area contributed by atoms with Gasteiger partial charge in [0.15, 0.2) is 0 Å². The first-order valence-corrected chi connectivity index (χ1v) is 8.22. The monoisotopic (exact) mass is 316 g/mol. The maximum Gasteiger partial charge on any atom is 0.241 e. The summed E-state index contributed by atoms with van der Waals surface area (Å²) in [5.41, 5.74) is 8.37. The lowest BCUT2D eigenvalue weighted by atomic mass is 10.1. The van der Waals surface area contributed by atoms with Crippen molar-refractivity contribution in [3.63, 3.8) is 0 Å². The van der Waals surface area contributed by atoms with Crippen molar-refractivity contribution in [1.29, 1.82) is 0 Å². The SMILES string of the molecule is COCC(O)CCNS(=O)(=O)c1c(C)c(C)cc(N)c1C. The van der Waals surface area contributed by atoms with Crippen LogP contribution >= 0.6 is 0 Å². The van der Waals surface area contributed by atoms with Gasteiger partial charge in [0.25, 0.3) is 0 Å². The van der Waals surface area contributed by atoms with Crippen LogP contribution in [0.5, 0.6) is 0 Å². The lowest BCUT2D eigenvalue weighted by Crippen LogP contribution is -2.30. The van der Waals surface area contributed by atoms with E-state index in [0.717, 1.165) is 5.56 Å². The third-order valence-corrected chi connectivity index (χ3v) is 5.21. The van der Waals surface area contributed by atoms with Crippen molar-refractivity contribution in [2.75, 3.05) is 26.0 Å². The number of nitrogens with two attached hydrogens (primary N) is 1. The number of nitrogen functional groups attached to an aromatic ring is 1. The Labute approximate surface area is 126 Å². The number of rotatable bonds is 7. The van der Waals surface area contributed by atoms with Gasteiger partial charge in [0.05, 0.1) is 17.6 Å². The van der Waals surface area contributed by atoms with Gasteiger partial charge in [-0.25, -0.2) is 13.1 Å². The number of benzene rings is 1. The van der Waals surface area contributed by atoms with E-state index in [-0.39, 0.29) is 24.5 Å². The molecule has 1 unspecified atom stereocenters. The van der Waals surface area contributed by atoms with E-state index in [1.807, 2.05) is 6.92 Å². The summed E-state index contributed by atoms with van der Waals surface area (Å²) >= 11 is 0. The molecule has 120 valence electrons. The fraction of sp³-hybridized carbons (Fsp3) is 0.571. The Morgan fingerprint density at radius 1 is 1.33 bits per heavy atom. The standard InChI is InChI=1S/C14H24N2O4S/c1-9-7-13(15)11(3)14(10(9)2)21(18,19)16-6-5-12(17)8-20-4/h7,12,16-17H,5-6,8,15H2,1-4H3. The summed E-state index contributed by atoms with van der Waals surface area (Å²) in [6.07, 6.45) is -0.408. The molecule has 4 N–H and O–H groups in total. The van der Waals surface area contributed by atoms with Crippen molar-refractivity contribution in [2.24, 2.45) is 0 Å². The normalized spacial score (nSPS) is 13.4. The number of sulfonamides is 1. The summed E-state index contributed by atoms with van der Waals surface area (Å²) in [4.78, 5) is 0.223. The zero-order valence-electron chi connectivity index (χ0n) is 12.9. The van der Waals surface area contributed by atoms with E-state index in [2.05, 4.69) is 4.72 Å². The van der Waals surface area contributed by atoms with E-state index in [1.54, 1.807) is 19.9 Å². The molecule has 1 atom stereocenters. The van der Waals surface area contributed by atoms with Gasteiger partial charge in [-0.1, -0.05) is 0 Å². The van der Waals surface area contributed by atoms with E-state index in [0.29, 0.717) is 16.8 Å². The quantitative estimate of drug-likeness (QED) is 0.648. The molecule has 1 aromatic rings. The average molecular weight is 316 g/mol. The highest BCUT2D eigenvalue weighted by Crippen LogP contribution is 2.27. The van der Waals surface area contributed by atoms with Gasteiger partial charge in [0, 0.05) is 19.3 Å². The molecule has 21 heavy (non-hydrogen) atoms. The summed E-state index contributed by atoms with van der Waals surface area (Å²) < 4.78 is 32.2. The molecule has 0 saturated heterocycles. The number of methoxy groups -OCH3 is 1. The summed E-state index contributed by atoms with van der Waals surface area (Å²) in [5, 5.41) is 9.53. The lowest BCUT2D eigenvalue weighted by Gasteiger charge is -2.16. The Morgan fingerprint density at radius 3 is 2.52 bits per heavy atom. The number of hydrogen-bond acceptors (Lipinski definition) is 5. The Morgan fingerprint density at radius 2 is 1.95 bits per heavy atom. The molecule has 0 amide bonds. The second-order valence-corrected chi connectivity index (χ2v) is 6.86. The third-order valence-electron chi connectivity index (χ3n) is 3.48. The predicted molar refractivity (Wildman–Crippen MR) is 82.8 cm³/mol. The van der Waals surface area contributed by atoms with Crippen LogP contribution in [0.3, 0.4) is 0 Å². The molecule has 0 aliphatic carbocycles. The van der Waals surface area contributed by atoms with Crippen LogP contribution in [0.2, 0.25) is 0 Å². The van der Waals surface area contributed by atoms with Crippen molar-refractivity contribution in [2.45, 2.75) is 38.2 Å². The van der Waals surface area contributed by atoms with Gasteiger partial charge in [0.1, 0.15) is 0 Å². The Bertz CT molecular complexity index is 573. The number of anilines is 1. The molecule has 0 spiro atoms. The van der Waals surface area contributed by atoms with Crippen molar-refractivity contribution in [1.82, 2.24) is 4.72 Å². The van der Waals surface area contributed by atoms with Crippen LogP contribution in [-0.4, -0.2) is 39.9 Å². The summed E-state index contributed by atoms with van der Waals surface area (Å²) in [6.45, 7) is 5.59. The minimum absolute atomic E-state index is 0.138. The Kier molecular flexibility index (Phi) is 6.15. The summed E-state index contributed by atoms with van der Waals surface area (Å²) in [6, 6.07) is 1.77. The van der Waals surface area contributed by atoms with Crippen LogP contribution in [0, 0.1) is 20.8 Å². The minimum atomic E-state index is -3.66. The molecule has 0 fully saturated rings. The maximum absolute atomic E-state index is 12.4. The van der Waals surface area contributed by atoms with Crippen LogP contribution in [0.4, 0.5) is 5.69 Å². The molecule has 7 heteroatoms. The van der Waals surface area contributed by atoms with Gasteiger partial charge in [-0.15, -0.1) is 0 Å². The molecule has 0 aliphatic heterocycles. The van der Waals surface area contributed by atoms with Crippen LogP contribution < -0.4 is 10.5 Å². The van der Waals surface area contributed by atoms with Crippen LogP contribution in [0.15, 0.2) is 11.0 Å². The van der Waals surface area contributed by atoms with Gasteiger partial charge < -0.3 is 15.6 Å². The molecular weight excluding hydrogens is 292 g/mol. The highest BCUT2D eigenvalue weighted by molar-refractivity contribution is 7.89. The maximum atomic E-state index is 12.4. The number of ether oxygens (including phenoxy) is 1. The zero-order valence-corrected chi connectivity index (χ0v) is 13.8. The average Bonchev–Trinajstić information content (AvgIpc) is 2.36. The second kappa shape index (κ2) is 7.22. The zero-order chi connectivity index (χ0) is 16.2. The topological polar surface area (TPSA) is 102 Å². The molecule has 1 rings (SSSR count). The molecule has 0 aliphatic rings. The lowest BCUT2D eigenvalue weighted by molar-refractivity contribution is 0.0603. The molecule has 0 aromatic heterocycles. The number of nitrogens with one attached hydrogen (secondary N) is 1. The van der Waals surface area contributed by atoms with Crippen LogP contribution in [-0.2, 0) is 14.8 Å². The van der Waals surface area contributed by atoms with E-state index in [4.69, 9.17) is 10.5 Å². The summed E-state index contributed by atoms with van der Waals surface area (Å²) in [5.74, 6) is 0. The smallest absolute Gasteiger partial charge is 0.241 e. The molecule has 0 bridgehead atoms. The second-order valence-electron chi connectivity index (χ2n) is 5.16. The van der Waals surface area contributed by atoms with Gasteiger partial charge in [-0.2, -0.15) is 0 Å². The molecule has 1 aromatic carbocycles. The predicted octanol–water partition coefficient (Wildman–Crippen LogP) is 0.870. The first-order chi connectivity index (χ1) is 9.70. The molecule has 0 heterocycles. The van der Waals surface area contributed by atoms with Gasteiger partial charge >= 0.3 is 0 Å². The van der Waals surface area contributed by atoms with Crippen molar-refractivity contribution >= 4 is 15.7 Å². The van der Waals surface area contributed by atoms with E-state index in [1.165, 1.54) is 7.11 Å². The van der Waals surface area contributed by atoms with E-state index < -0.39 is 16.1 Å². The van der Waals surface area contributed by atoms with E-state index in [9.17, 15) is 13.5 Å². The fourth-order valence-corrected chi connectivity index (χ4v) is 3.77. The largest absolute Gasteiger partial charge is 0.398 e.